The van der Waals surface area contributed by atoms with E-state index < -0.39 is 0 Å². The van der Waals surface area contributed by atoms with Crippen LogP contribution in [0.3, 0.4) is 0 Å². The molecule has 0 aliphatic carbocycles. The van der Waals surface area contributed by atoms with E-state index in [1.54, 1.807) is 0 Å². The molecule has 22 heavy (non-hydrogen) atoms. The number of aryl methyl sites for hydroxylation is 1. The second-order valence-electron chi connectivity index (χ2n) is 5.45. The molecule has 0 fully saturated rings. The molecule has 0 radical (unpaired) electrons. The predicted octanol–water partition coefficient (Wildman–Crippen LogP) is 2.61. The fourth-order valence-corrected chi connectivity index (χ4v) is 2.98. The second-order valence-corrected chi connectivity index (χ2v) is 5.89. The Hall–Kier alpha value is -2.40. The third-order valence-corrected chi connectivity index (χ3v) is 4.02. The first-order chi connectivity index (χ1) is 10.6. The van der Waals surface area contributed by atoms with Crippen LogP contribution >= 0.6 is 12.2 Å². The maximum absolute atomic E-state index is 12.5. The number of carbonyl (C=O) groups is 1. The van der Waals surface area contributed by atoms with Crippen molar-refractivity contribution in [2.45, 2.75) is 18.9 Å². The number of carbonyl (C=O) groups excluding carboxylic acids is 1. The van der Waals surface area contributed by atoms with Crippen molar-refractivity contribution in [3.8, 4) is 0 Å². The summed E-state index contributed by atoms with van der Waals surface area (Å²) in [5.74, 6) is -0.407. The zero-order valence-electron chi connectivity index (χ0n) is 12.2. The largest absolute Gasteiger partial charge is 0.376 e. The summed E-state index contributed by atoms with van der Waals surface area (Å²) in [4.78, 5) is 12.5. The van der Waals surface area contributed by atoms with Crippen LogP contribution < -0.4 is 16.4 Å². The molecule has 2 aromatic rings. The molecule has 2 aromatic carbocycles. The number of thiocarbonyl (C=S) groups is 1. The van der Waals surface area contributed by atoms with Gasteiger partial charge in [0.15, 0.2) is 5.11 Å². The number of nitrogens with two attached hydrogens (primary N) is 1. The van der Waals surface area contributed by atoms with E-state index in [1.807, 2.05) is 55.5 Å². The standard InChI is InChI=1S/C17H17N3OS/c1-10-6-8-11(9-7-10)15(20-17(18)22)14-12-4-2-3-5-13(12)19-16(14)21/h2-9,14-15H,1H3,(H,19,21)(H3,18,20,22). The van der Waals surface area contributed by atoms with E-state index in [0.717, 1.165) is 22.4 Å². The van der Waals surface area contributed by atoms with E-state index in [-0.39, 0.29) is 23.0 Å². The van der Waals surface area contributed by atoms with Gasteiger partial charge >= 0.3 is 0 Å². The molecule has 1 heterocycles. The van der Waals surface area contributed by atoms with E-state index in [1.165, 1.54) is 0 Å². The molecule has 0 saturated heterocycles. The number of amides is 1. The van der Waals surface area contributed by atoms with Crippen molar-refractivity contribution < 1.29 is 4.79 Å². The Kier molecular flexibility index (Phi) is 3.81. The number of anilines is 1. The van der Waals surface area contributed by atoms with E-state index in [9.17, 15) is 4.79 Å². The van der Waals surface area contributed by atoms with E-state index in [4.69, 9.17) is 18.0 Å². The molecule has 0 aromatic heterocycles. The first-order valence-corrected chi connectivity index (χ1v) is 7.49. The molecule has 0 saturated carbocycles. The van der Waals surface area contributed by atoms with Crippen molar-refractivity contribution in [1.29, 1.82) is 0 Å². The molecular weight excluding hydrogens is 294 g/mol. The molecule has 1 amide bonds. The van der Waals surface area contributed by atoms with Crippen LogP contribution in [0.4, 0.5) is 5.69 Å². The highest BCUT2D eigenvalue weighted by molar-refractivity contribution is 7.80. The van der Waals surface area contributed by atoms with Crippen molar-refractivity contribution in [2.75, 3.05) is 5.32 Å². The highest BCUT2D eigenvalue weighted by Crippen LogP contribution is 2.40. The number of hydrogen-bond acceptors (Lipinski definition) is 2. The van der Waals surface area contributed by atoms with Gasteiger partial charge in [-0.2, -0.15) is 0 Å². The minimum atomic E-state index is -0.361. The molecule has 112 valence electrons. The Bertz CT molecular complexity index is 727. The van der Waals surface area contributed by atoms with Crippen LogP contribution in [0, 0.1) is 6.92 Å². The molecule has 2 atom stereocenters. The van der Waals surface area contributed by atoms with Gasteiger partial charge in [-0.3, -0.25) is 4.79 Å². The number of fused-ring (bicyclic) bond motifs is 1. The molecule has 5 heteroatoms. The fraction of sp³-hybridized carbons (Fsp3) is 0.176. The van der Waals surface area contributed by atoms with Gasteiger partial charge in [-0.05, 0) is 36.3 Å². The van der Waals surface area contributed by atoms with Gasteiger partial charge < -0.3 is 16.4 Å². The lowest BCUT2D eigenvalue weighted by molar-refractivity contribution is -0.117. The first kappa shape index (κ1) is 14.5. The minimum Gasteiger partial charge on any atom is -0.376 e. The molecule has 4 nitrogen and oxygen atoms in total. The smallest absolute Gasteiger partial charge is 0.234 e. The number of para-hydroxylation sites is 1. The summed E-state index contributed by atoms with van der Waals surface area (Å²) in [6.45, 7) is 2.03. The molecule has 1 aliphatic rings. The summed E-state index contributed by atoms with van der Waals surface area (Å²) in [6.07, 6.45) is 0. The van der Waals surface area contributed by atoms with E-state index >= 15 is 0 Å². The van der Waals surface area contributed by atoms with Crippen LogP contribution in [0.5, 0.6) is 0 Å². The normalized spacial score (nSPS) is 17.5. The zero-order chi connectivity index (χ0) is 15.7. The van der Waals surface area contributed by atoms with Crippen molar-refractivity contribution >= 4 is 28.9 Å². The van der Waals surface area contributed by atoms with E-state index in [2.05, 4.69) is 10.6 Å². The molecule has 2 unspecified atom stereocenters. The summed E-state index contributed by atoms with van der Waals surface area (Å²) in [7, 11) is 0. The van der Waals surface area contributed by atoms with Crippen molar-refractivity contribution in [3.05, 3.63) is 65.2 Å². The van der Waals surface area contributed by atoms with Crippen molar-refractivity contribution in [1.82, 2.24) is 5.32 Å². The van der Waals surface area contributed by atoms with Gasteiger partial charge in [-0.15, -0.1) is 0 Å². The van der Waals surface area contributed by atoms with Gasteiger partial charge in [0.2, 0.25) is 5.91 Å². The average Bonchev–Trinajstić information content (AvgIpc) is 2.81. The van der Waals surface area contributed by atoms with Gasteiger partial charge in [0.25, 0.3) is 0 Å². The molecular formula is C17H17N3OS. The number of hydrogen-bond donors (Lipinski definition) is 3. The Morgan fingerprint density at radius 1 is 1.23 bits per heavy atom. The minimum absolute atomic E-state index is 0.0458. The molecule has 4 N–H and O–H groups in total. The quantitative estimate of drug-likeness (QED) is 0.762. The maximum atomic E-state index is 12.5. The van der Waals surface area contributed by atoms with Crippen LogP contribution in [0.25, 0.3) is 0 Å². The van der Waals surface area contributed by atoms with Gasteiger partial charge in [0.05, 0.1) is 12.0 Å². The van der Waals surface area contributed by atoms with Crippen LogP contribution in [-0.4, -0.2) is 11.0 Å². The second kappa shape index (κ2) is 5.77. The summed E-state index contributed by atoms with van der Waals surface area (Å²) in [6, 6.07) is 15.4. The molecule has 0 spiro atoms. The summed E-state index contributed by atoms with van der Waals surface area (Å²) < 4.78 is 0. The van der Waals surface area contributed by atoms with Crippen LogP contribution in [0.2, 0.25) is 0 Å². The number of nitrogens with one attached hydrogen (secondary N) is 2. The molecule has 3 rings (SSSR count). The van der Waals surface area contributed by atoms with Crippen LogP contribution in [-0.2, 0) is 4.79 Å². The van der Waals surface area contributed by atoms with Gasteiger partial charge in [-0.25, -0.2) is 0 Å². The molecule has 1 aliphatic heterocycles. The first-order valence-electron chi connectivity index (χ1n) is 7.08. The lowest BCUT2D eigenvalue weighted by atomic mass is 9.87. The fourth-order valence-electron chi connectivity index (χ4n) is 2.85. The predicted molar refractivity (Wildman–Crippen MR) is 91.7 cm³/mol. The number of rotatable bonds is 3. The van der Waals surface area contributed by atoms with Gasteiger partial charge in [0.1, 0.15) is 0 Å². The summed E-state index contributed by atoms with van der Waals surface area (Å²) >= 11 is 5.01. The highest BCUT2D eigenvalue weighted by Gasteiger charge is 2.37. The van der Waals surface area contributed by atoms with Crippen LogP contribution in [0.1, 0.15) is 28.7 Å². The molecule has 0 bridgehead atoms. The maximum Gasteiger partial charge on any atom is 0.234 e. The zero-order valence-corrected chi connectivity index (χ0v) is 13.0. The summed E-state index contributed by atoms with van der Waals surface area (Å²) in [5, 5.41) is 6.18. The third-order valence-electron chi connectivity index (χ3n) is 3.90. The number of benzene rings is 2. The van der Waals surface area contributed by atoms with E-state index in [0.29, 0.717) is 0 Å². The summed E-state index contributed by atoms with van der Waals surface area (Å²) in [5.41, 5.74) is 9.63. The highest BCUT2D eigenvalue weighted by atomic mass is 32.1. The average molecular weight is 311 g/mol. The Labute approximate surface area is 134 Å². The topological polar surface area (TPSA) is 67.1 Å². The Morgan fingerprint density at radius 2 is 1.91 bits per heavy atom. The SMILES string of the molecule is Cc1ccc(C(NC(N)=S)C2C(=O)Nc3ccccc32)cc1. The van der Waals surface area contributed by atoms with Crippen molar-refractivity contribution in [2.24, 2.45) is 5.73 Å². The third kappa shape index (κ3) is 2.67. The Morgan fingerprint density at radius 3 is 2.59 bits per heavy atom. The van der Waals surface area contributed by atoms with Crippen molar-refractivity contribution in [3.63, 3.8) is 0 Å². The monoisotopic (exact) mass is 311 g/mol. The van der Waals surface area contributed by atoms with Crippen LogP contribution in [0.15, 0.2) is 48.5 Å². The Balaban J connectivity index is 2.04. The van der Waals surface area contributed by atoms with Gasteiger partial charge in [-0.1, -0.05) is 48.0 Å². The van der Waals surface area contributed by atoms with Gasteiger partial charge in [0, 0.05) is 5.69 Å². The lowest BCUT2D eigenvalue weighted by Gasteiger charge is -2.24. The lowest BCUT2D eigenvalue weighted by Crippen LogP contribution is -2.38.